The van der Waals surface area contributed by atoms with Crippen LogP contribution in [-0.2, 0) is 0 Å². The fourth-order valence-corrected chi connectivity index (χ4v) is 5.05. The van der Waals surface area contributed by atoms with Gasteiger partial charge in [0.1, 0.15) is 14.9 Å². The van der Waals surface area contributed by atoms with Crippen molar-refractivity contribution in [2.75, 3.05) is 5.32 Å². The van der Waals surface area contributed by atoms with Crippen molar-refractivity contribution in [3.8, 4) is 10.6 Å². The van der Waals surface area contributed by atoms with Gasteiger partial charge in [-0.3, -0.25) is 15.1 Å². The summed E-state index contributed by atoms with van der Waals surface area (Å²) in [7, 11) is 0. The van der Waals surface area contributed by atoms with E-state index in [4.69, 9.17) is 0 Å². The van der Waals surface area contributed by atoms with Crippen molar-refractivity contribution in [2.45, 2.75) is 44.9 Å². The highest BCUT2D eigenvalue weighted by atomic mass is 32.1. The van der Waals surface area contributed by atoms with Gasteiger partial charge in [-0.15, -0.1) is 21.5 Å². The molecule has 1 N–H and O–H groups in total. The van der Waals surface area contributed by atoms with Crippen molar-refractivity contribution in [3.05, 3.63) is 40.1 Å². The molecule has 8 heteroatoms. The molecule has 1 saturated carbocycles. The van der Waals surface area contributed by atoms with Gasteiger partial charge >= 0.3 is 0 Å². The van der Waals surface area contributed by atoms with Gasteiger partial charge in [0.25, 0.3) is 5.91 Å². The van der Waals surface area contributed by atoms with Crippen LogP contribution in [0.15, 0.2) is 24.5 Å². The summed E-state index contributed by atoms with van der Waals surface area (Å²) >= 11 is 2.87. The predicted octanol–water partition coefficient (Wildman–Crippen LogP) is 4.67. The van der Waals surface area contributed by atoms with Crippen molar-refractivity contribution in [1.29, 1.82) is 0 Å². The van der Waals surface area contributed by atoms with E-state index in [0.717, 1.165) is 21.3 Å². The third-order valence-electron chi connectivity index (χ3n) is 4.55. The van der Waals surface area contributed by atoms with Crippen LogP contribution in [0, 0.1) is 6.92 Å². The summed E-state index contributed by atoms with van der Waals surface area (Å²) in [4.78, 5) is 21.8. The van der Waals surface area contributed by atoms with E-state index in [1.165, 1.54) is 54.8 Å². The number of nitrogens with one attached hydrogen (secondary N) is 1. The lowest BCUT2D eigenvalue weighted by atomic mass is 9.90. The summed E-state index contributed by atoms with van der Waals surface area (Å²) in [6.45, 7) is 1.85. The summed E-state index contributed by atoms with van der Waals surface area (Å²) < 4.78 is 0. The van der Waals surface area contributed by atoms with Gasteiger partial charge in [0.2, 0.25) is 5.13 Å². The molecule has 0 spiro atoms. The molecule has 0 atom stereocenters. The molecule has 26 heavy (non-hydrogen) atoms. The van der Waals surface area contributed by atoms with Gasteiger partial charge in [0.05, 0.1) is 5.69 Å². The number of carbonyl (C=O) groups is 1. The zero-order valence-electron chi connectivity index (χ0n) is 14.4. The summed E-state index contributed by atoms with van der Waals surface area (Å²) in [6, 6.07) is 3.78. The normalized spacial score (nSPS) is 15.1. The van der Waals surface area contributed by atoms with Gasteiger partial charge in [0, 0.05) is 23.9 Å². The van der Waals surface area contributed by atoms with Crippen LogP contribution < -0.4 is 5.32 Å². The molecule has 0 radical (unpaired) electrons. The molecule has 0 aromatic carbocycles. The van der Waals surface area contributed by atoms with Gasteiger partial charge in [-0.25, -0.2) is 4.98 Å². The van der Waals surface area contributed by atoms with Crippen molar-refractivity contribution >= 4 is 33.7 Å². The lowest BCUT2D eigenvalue weighted by Gasteiger charge is -2.18. The average Bonchev–Trinajstić information content (AvgIpc) is 3.30. The number of anilines is 1. The fraction of sp³-hybridized carbons (Fsp3) is 0.389. The highest BCUT2D eigenvalue weighted by molar-refractivity contribution is 7.17. The molecule has 3 aromatic rings. The third kappa shape index (κ3) is 3.66. The molecule has 3 heterocycles. The second-order valence-corrected chi connectivity index (χ2v) is 8.41. The van der Waals surface area contributed by atoms with Crippen LogP contribution in [-0.4, -0.2) is 26.1 Å². The van der Waals surface area contributed by atoms with Crippen molar-refractivity contribution in [2.24, 2.45) is 0 Å². The molecule has 0 aliphatic heterocycles. The van der Waals surface area contributed by atoms with Crippen LogP contribution in [0.2, 0.25) is 0 Å². The molecular formula is C18H19N5OS2. The lowest BCUT2D eigenvalue weighted by molar-refractivity contribution is 0.102. The number of amides is 1. The van der Waals surface area contributed by atoms with Gasteiger partial charge < -0.3 is 0 Å². The summed E-state index contributed by atoms with van der Waals surface area (Å²) in [5.74, 6) is 0.321. The Morgan fingerprint density at radius 3 is 2.65 bits per heavy atom. The number of aryl methyl sites for hydroxylation is 1. The molecule has 1 fully saturated rings. The number of hydrogen-bond acceptors (Lipinski definition) is 7. The number of aromatic nitrogens is 4. The Morgan fingerprint density at radius 1 is 1.12 bits per heavy atom. The Bertz CT molecular complexity index is 899. The maximum atomic E-state index is 12.7. The van der Waals surface area contributed by atoms with Gasteiger partial charge in [-0.2, -0.15) is 0 Å². The van der Waals surface area contributed by atoms with E-state index in [-0.39, 0.29) is 5.91 Å². The Hall–Kier alpha value is -2.19. The topological polar surface area (TPSA) is 80.7 Å². The molecule has 134 valence electrons. The SMILES string of the molecule is Cc1nc(-c2ccncc2)sc1C(=O)Nc1nnc(C2CCCCC2)s1. The van der Waals surface area contributed by atoms with E-state index in [9.17, 15) is 4.79 Å². The smallest absolute Gasteiger partial charge is 0.269 e. The number of carbonyl (C=O) groups excluding carboxylic acids is 1. The zero-order valence-corrected chi connectivity index (χ0v) is 16.1. The minimum Gasteiger partial charge on any atom is -0.296 e. The standard InChI is InChI=1S/C18H19N5OS2/c1-11-14(25-16(20-11)13-7-9-19-10-8-13)15(24)21-18-23-22-17(26-18)12-5-3-2-4-6-12/h7-10,12H,2-6H2,1H3,(H,21,23,24). The Balaban J connectivity index is 1.48. The van der Waals surface area contributed by atoms with Crippen LogP contribution in [0.5, 0.6) is 0 Å². The summed E-state index contributed by atoms with van der Waals surface area (Å²) in [5.41, 5.74) is 1.68. The number of thiazole rings is 1. The molecule has 4 rings (SSSR count). The highest BCUT2D eigenvalue weighted by Crippen LogP contribution is 2.35. The molecule has 1 aliphatic rings. The van der Waals surface area contributed by atoms with E-state index < -0.39 is 0 Å². The van der Waals surface area contributed by atoms with Crippen molar-refractivity contribution in [3.63, 3.8) is 0 Å². The Morgan fingerprint density at radius 2 is 1.88 bits per heavy atom. The molecular weight excluding hydrogens is 366 g/mol. The number of hydrogen-bond donors (Lipinski definition) is 1. The first kappa shape index (κ1) is 17.2. The van der Waals surface area contributed by atoms with E-state index in [1.807, 2.05) is 19.1 Å². The highest BCUT2D eigenvalue weighted by Gasteiger charge is 2.22. The quantitative estimate of drug-likeness (QED) is 0.706. The van der Waals surface area contributed by atoms with Crippen LogP contribution in [0.4, 0.5) is 5.13 Å². The lowest BCUT2D eigenvalue weighted by Crippen LogP contribution is -2.11. The first-order valence-corrected chi connectivity index (χ1v) is 10.4. The molecule has 0 unspecified atom stereocenters. The molecule has 3 aromatic heterocycles. The van der Waals surface area contributed by atoms with Crippen molar-refractivity contribution in [1.82, 2.24) is 20.2 Å². The summed E-state index contributed by atoms with van der Waals surface area (Å²) in [6.07, 6.45) is 9.61. The number of pyridine rings is 1. The maximum absolute atomic E-state index is 12.7. The van der Waals surface area contributed by atoms with Gasteiger partial charge in [0.15, 0.2) is 0 Å². The van der Waals surface area contributed by atoms with E-state index in [0.29, 0.717) is 15.9 Å². The minimum atomic E-state index is -0.174. The average molecular weight is 386 g/mol. The van der Waals surface area contributed by atoms with Crippen LogP contribution in [0.25, 0.3) is 10.6 Å². The number of rotatable bonds is 4. The third-order valence-corrected chi connectivity index (χ3v) is 6.75. The van der Waals surface area contributed by atoms with Crippen LogP contribution in [0.3, 0.4) is 0 Å². The predicted molar refractivity (Wildman–Crippen MR) is 104 cm³/mol. The van der Waals surface area contributed by atoms with Crippen LogP contribution >= 0.6 is 22.7 Å². The van der Waals surface area contributed by atoms with Crippen molar-refractivity contribution < 1.29 is 4.79 Å². The Labute approximate surface area is 159 Å². The fourth-order valence-electron chi connectivity index (χ4n) is 3.18. The molecule has 1 aliphatic carbocycles. The van der Waals surface area contributed by atoms with E-state index in [2.05, 4.69) is 25.5 Å². The molecule has 6 nitrogen and oxygen atoms in total. The summed E-state index contributed by atoms with van der Waals surface area (Å²) in [5, 5.41) is 13.8. The van der Waals surface area contributed by atoms with Crippen LogP contribution in [0.1, 0.15) is 58.4 Å². The largest absolute Gasteiger partial charge is 0.296 e. The van der Waals surface area contributed by atoms with Gasteiger partial charge in [-0.05, 0) is 31.9 Å². The zero-order chi connectivity index (χ0) is 17.9. The maximum Gasteiger partial charge on any atom is 0.269 e. The first-order valence-electron chi connectivity index (χ1n) is 8.73. The molecule has 0 saturated heterocycles. The second-order valence-electron chi connectivity index (χ2n) is 6.40. The molecule has 1 amide bonds. The minimum absolute atomic E-state index is 0.174. The Kier molecular flexibility index (Phi) is 5.03. The first-order chi connectivity index (χ1) is 12.7. The number of nitrogens with zero attached hydrogens (tertiary/aromatic N) is 4. The second kappa shape index (κ2) is 7.59. The molecule has 0 bridgehead atoms. The van der Waals surface area contributed by atoms with Gasteiger partial charge in [-0.1, -0.05) is 30.6 Å². The monoisotopic (exact) mass is 385 g/mol. The van der Waals surface area contributed by atoms with E-state index >= 15 is 0 Å². The van der Waals surface area contributed by atoms with E-state index in [1.54, 1.807) is 12.4 Å².